The molecule has 23 heavy (non-hydrogen) atoms. The summed E-state index contributed by atoms with van der Waals surface area (Å²) in [5.74, 6) is -1.78. The average molecular weight is 390 g/mol. The molecular weight excluding hydrogens is 370 g/mol. The molecule has 0 aliphatic heterocycles. The minimum atomic E-state index is -1.20. The predicted octanol–water partition coefficient (Wildman–Crippen LogP) is 2.24. The molecule has 0 fully saturated rings. The molecule has 1 atom stereocenters. The van der Waals surface area contributed by atoms with Gasteiger partial charge in [-0.05, 0) is 56.1 Å². The van der Waals surface area contributed by atoms with Crippen LogP contribution in [0.3, 0.4) is 0 Å². The minimum absolute atomic E-state index is 0.111. The molecule has 1 rings (SSSR count). The highest BCUT2D eigenvalue weighted by molar-refractivity contribution is 9.10. The summed E-state index contributed by atoms with van der Waals surface area (Å²) in [6.45, 7) is 8.27. The van der Waals surface area contributed by atoms with Crippen LogP contribution in [0.5, 0.6) is 0 Å². The second-order valence-electron chi connectivity index (χ2n) is 5.99. The second-order valence-corrected chi connectivity index (χ2v) is 6.79. The van der Waals surface area contributed by atoms with E-state index in [9.17, 15) is 19.5 Å². The van der Waals surface area contributed by atoms with Gasteiger partial charge in [-0.2, -0.15) is 0 Å². The molecule has 0 aliphatic carbocycles. The van der Waals surface area contributed by atoms with Gasteiger partial charge >= 0.3 is 12.1 Å². The van der Waals surface area contributed by atoms with Crippen molar-refractivity contribution in [1.82, 2.24) is 9.99 Å². The van der Waals surface area contributed by atoms with Gasteiger partial charge in [-0.15, -0.1) is 0 Å². The lowest BCUT2D eigenvalue weighted by Crippen LogP contribution is -2.45. The molecule has 1 aromatic rings. The van der Waals surface area contributed by atoms with Gasteiger partial charge in [-0.1, -0.05) is 0 Å². The number of ether oxygens (including phenoxy) is 1. The van der Waals surface area contributed by atoms with Crippen molar-refractivity contribution in [2.45, 2.75) is 46.3 Å². The highest BCUT2D eigenvalue weighted by Gasteiger charge is 2.23. The summed E-state index contributed by atoms with van der Waals surface area (Å²) in [7, 11) is 0. The molecule has 128 valence electrons. The third-order valence-electron chi connectivity index (χ3n) is 2.68. The van der Waals surface area contributed by atoms with Crippen LogP contribution in [-0.2, 0) is 9.53 Å². The largest absolute Gasteiger partial charge is 0.476 e. The number of aryl methyl sites for hydroxylation is 1. The second kappa shape index (κ2) is 7.03. The van der Waals surface area contributed by atoms with Crippen molar-refractivity contribution in [2.75, 3.05) is 5.43 Å². The molecule has 1 aromatic heterocycles. The third-order valence-corrected chi connectivity index (χ3v) is 3.68. The molecule has 1 heterocycles. The quantitative estimate of drug-likeness (QED) is 0.731. The Morgan fingerprint density at radius 2 is 1.91 bits per heavy atom. The van der Waals surface area contributed by atoms with E-state index in [1.165, 1.54) is 13.1 Å². The van der Waals surface area contributed by atoms with E-state index < -0.39 is 29.6 Å². The maximum Gasteiger partial charge on any atom is 0.408 e. The van der Waals surface area contributed by atoms with Crippen molar-refractivity contribution >= 4 is 33.9 Å². The van der Waals surface area contributed by atoms with Crippen LogP contribution in [0.4, 0.5) is 4.79 Å². The Kier molecular flexibility index (Phi) is 5.81. The molecule has 2 amide bonds. The first-order valence-electron chi connectivity index (χ1n) is 6.83. The van der Waals surface area contributed by atoms with Gasteiger partial charge in [0.1, 0.15) is 11.6 Å². The topological polar surface area (TPSA) is 110 Å². The monoisotopic (exact) mass is 389 g/mol. The smallest absolute Gasteiger partial charge is 0.408 e. The van der Waals surface area contributed by atoms with Crippen LogP contribution in [0, 0.1) is 6.92 Å². The van der Waals surface area contributed by atoms with Crippen molar-refractivity contribution in [3.05, 3.63) is 21.9 Å². The molecule has 0 radical (unpaired) electrons. The fourth-order valence-corrected chi connectivity index (χ4v) is 2.12. The first-order chi connectivity index (χ1) is 10.4. The Morgan fingerprint density at radius 1 is 1.35 bits per heavy atom. The SMILES string of the molecule is Cc1cn(NC(=O)C(C)NC(=O)OC(C)(C)C)c(C(=O)O)c1Br. The molecule has 0 saturated heterocycles. The summed E-state index contributed by atoms with van der Waals surface area (Å²) in [6, 6.07) is -0.909. The van der Waals surface area contributed by atoms with Crippen molar-refractivity contribution in [2.24, 2.45) is 0 Å². The zero-order valence-corrected chi connectivity index (χ0v) is 15.1. The van der Waals surface area contributed by atoms with Gasteiger partial charge in [-0.25, -0.2) is 9.59 Å². The van der Waals surface area contributed by atoms with Gasteiger partial charge in [0, 0.05) is 6.20 Å². The highest BCUT2D eigenvalue weighted by Crippen LogP contribution is 2.22. The van der Waals surface area contributed by atoms with Gasteiger partial charge in [0.2, 0.25) is 0 Å². The third kappa shape index (κ3) is 5.27. The highest BCUT2D eigenvalue weighted by atomic mass is 79.9. The predicted molar refractivity (Wildman–Crippen MR) is 87.0 cm³/mol. The first kappa shape index (κ1) is 19.0. The Morgan fingerprint density at radius 3 is 2.39 bits per heavy atom. The number of halogens is 1. The molecule has 8 nitrogen and oxygen atoms in total. The molecule has 0 saturated carbocycles. The average Bonchev–Trinajstić information content (AvgIpc) is 2.61. The van der Waals surface area contributed by atoms with E-state index >= 15 is 0 Å². The lowest BCUT2D eigenvalue weighted by Gasteiger charge is -2.21. The molecular formula is C14H20BrN3O5. The van der Waals surface area contributed by atoms with Gasteiger partial charge in [0.05, 0.1) is 4.47 Å². The fourth-order valence-electron chi connectivity index (χ4n) is 1.66. The lowest BCUT2D eigenvalue weighted by molar-refractivity contribution is -0.118. The number of hydrogen-bond acceptors (Lipinski definition) is 4. The number of nitrogens with one attached hydrogen (secondary N) is 2. The van der Waals surface area contributed by atoms with E-state index in [0.29, 0.717) is 10.0 Å². The van der Waals surface area contributed by atoms with Crippen LogP contribution < -0.4 is 10.7 Å². The minimum Gasteiger partial charge on any atom is -0.476 e. The zero-order valence-electron chi connectivity index (χ0n) is 13.6. The number of carboxylic acids is 1. The van der Waals surface area contributed by atoms with E-state index in [4.69, 9.17) is 4.74 Å². The zero-order chi connectivity index (χ0) is 17.9. The van der Waals surface area contributed by atoms with Gasteiger partial charge < -0.3 is 15.2 Å². The standard InChI is InChI=1S/C14H20BrN3O5/c1-7-6-18(10(9(7)15)12(20)21)17-11(19)8(2)16-13(22)23-14(3,4)5/h6,8H,1-5H3,(H,16,22)(H,17,19)(H,20,21). The lowest BCUT2D eigenvalue weighted by atomic mass is 10.2. The van der Waals surface area contributed by atoms with Crippen LogP contribution in [0.15, 0.2) is 10.7 Å². The summed E-state index contributed by atoms with van der Waals surface area (Å²) < 4.78 is 6.52. The van der Waals surface area contributed by atoms with E-state index in [0.717, 1.165) is 4.68 Å². The van der Waals surface area contributed by atoms with Crippen molar-refractivity contribution in [3.63, 3.8) is 0 Å². The van der Waals surface area contributed by atoms with E-state index in [2.05, 4.69) is 26.7 Å². The fraction of sp³-hybridized carbons (Fsp3) is 0.500. The van der Waals surface area contributed by atoms with E-state index in [-0.39, 0.29) is 5.69 Å². The molecule has 0 bridgehead atoms. The van der Waals surface area contributed by atoms with E-state index in [1.807, 2.05) is 0 Å². The summed E-state index contributed by atoms with van der Waals surface area (Å²) in [5, 5.41) is 11.6. The van der Waals surface area contributed by atoms with E-state index in [1.54, 1.807) is 27.7 Å². The molecule has 0 spiro atoms. The molecule has 0 aromatic carbocycles. The number of rotatable bonds is 4. The van der Waals surface area contributed by atoms with Gasteiger partial charge in [0.15, 0.2) is 5.69 Å². The summed E-state index contributed by atoms with van der Waals surface area (Å²) >= 11 is 3.16. The normalized spacial score (nSPS) is 12.4. The Hall–Kier alpha value is -2.03. The number of carboxylic acid groups (broad SMARTS) is 1. The van der Waals surface area contributed by atoms with Crippen LogP contribution in [0.2, 0.25) is 0 Å². The Balaban J connectivity index is 2.79. The molecule has 1 unspecified atom stereocenters. The maximum absolute atomic E-state index is 12.1. The maximum atomic E-state index is 12.1. The number of carbonyl (C=O) groups is 3. The number of carbonyl (C=O) groups excluding carboxylic acids is 2. The molecule has 0 aliphatic rings. The number of alkyl carbamates (subject to hydrolysis) is 1. The Labute approximate surface area is 142 Å². The van der Waals surface area contributed by atoms with Crippen LogP contribution in [-0.4, -0.2) is 39.4 Å². The Bertz CT molecular complexity index is 633. The first-order valence-corrected chi connectivity index (χ1v) is 7.62. The van der Waals surface area contributed by atoms with Crippen molar-refractivity contribution in [3.8, 4) is 0 Å². The van der Waals surface area contributed by atoms with Gasteiger partial charge in [0.25, 0.3) is 5.91 Å². The number of aromatic nitrogens is 1. The van der Waals surface area contributed by atoms with Crippen LogP contribution >= 0.6 is 15.9 Å². The number of amides is 2. The van der Waals surface area contributed by atoms with Gasteiger partial charge in [-0.3, -0.25) is 14.9 Å². The van der Waals surface area contributed by atoms with Crippen LogP contribution in [0.1, 0.15) is 43.7 Å². The van der Waals surface area contributed by atoms with Crippen LogP contribution in [0.25, 0.3) is 0 Å². The van der Waals surface area contributed by atoms with Crippen molar-refractivity contribution in [1.29, 1.82) is 0 Å². The molecule has 9 heteroatoms. The summed E-state index contributed by atoms with van der Waals surface area (Å²) in [6.07, 6.45) is 0.731. The number of aromatic carboxylic acids is 1. The van der Waals surface area contributed by atoms with Crippen molar-refractivity contribution < 1.29 is 24.2 Å². The summed E-state index contributed by atoms with van der Waals surface area (Å²) in [4.78, 5) is 35.0. The number of nitrogens with zero attached hydrogens (tertiary/aromatic N) is 1. The summed E-state index contributed by atoms with van der Waals surface area (Å²) in [5.41, 5.74) is 2.27. The number of hydrogen-bond donors (Lipinski definition) is 3. The molecule has 3 N–H and O–H groups in total.